The van der Waals surface area contributed by atoms with Gasteiger partial charge >= 0.3 is 0 Å². The van der Waals surface area contributed by atoms with Gasteiger partial charge in [-0.05, 0) is 62.4 Å². The molecule has 3 aliphatic rings. The van der Waals surface area contributed by atoms with E-state index in [2.05, 4.69) is 16.0 Å². The van der Waals surface area contributed by atoms with Crippen LogP contribution in [0.1, 0.15) is 54.9 Å². The number of amides is 4. The average molecular weight is 581 g/mol. The van der Waals surface area contributed by atoms with Gasteiger partial charge in [0.1, 0.15) is 30.3 Å². The van der Waals surface area contributed by atoms with Crippen molar-refractivity contribution in [2.24, 2.45) is 0 Å². The molecule has 3 atom stereocenters. The fraction of sp³-hybridized carbons (Fsp3) is 0.484. The summed E-state index contributed by atoms with van der Waals surface area (Å²) in [5.74, 6) is -1.93. The van der Waals surface area contributed by atoms with Crippen molar-refractivity contribution in [3.8, 4) is 5.75 Å². The second kappa shape index (κ2) is 12.9. The van der Waals surface area contributed by atoms with Crippen LogP contribution in [0.15, 0.2) is 48.5 Å². The van der Waals surface area contributed by atoms with E-state index in [9.17, 15) is 23.6 Å². The number of rotatable bonds is 4. The van der Waals surface area contributed by atoms with E-state index in [1.165, 1.54) is 12.1 Å². The van der Waals surface area contributed by atoms with Crippen LogP contribution in [0, 0.1) is 5.82 Å². The van der Waals surface area contributed by atoms with Crippen molar-refractivity contribution in [1.29, 1.82) is 0 Å². The predicted octanol–water partition coefficient (Wildman–Crippen LogP) is 2.07. The number of halogens is 1. The van der Waals surface area contributed by atoms with Crippen LogP contribution in [0.4, 0.5) is 4.39 Å². The fourth-order valence-corrected chi connectivity index (χ4v) is 6.03. The molecule has 0 bridgehead atoms. The van der Waals surface area contributed by atoms with E-state index >= 15 is 0 Å². The van der Waals surface area contributed by atoms with E-state index in [1.807, 2.05) is 6.07 Å². The third kappa shape index (κ3) is 6.56. The Balaban J connectivity index is 1.39. The molecule has 11 heteroatoms. The van der Waals surface area contributed by atoms with Crippen LogP contribution in [-0.4, -0.2) is 79.6 Å². The van der Waals surface area contributed by atoms with E-state index in [4.69, 9.17) is 9.47 Å². The highest BCUT2D eigenvalue weighted by molar-refractivity contribution is 6.01. The predicted molar refractivity (Wildman–Crippen MR) is 151 cm³/mol. The quantitative estimate of drug-likeness (QED) is 0.509. The Kier molecular flexibility index (Phi) is 9.06. The molecule has 0 unspecified atom stereocenters. The smallest absolute Gasteiger partial charge is 0.255 e. The maximum atomic E-state index is 14.1. The standard InChI is InChI=1S/C31H37FN4O6/c1-20-30(40)36-13-5-8-23(36)18-42-26-10-3-2-9-24(26)28(38)35-25(17-27(37)34-20)29(39)33-19-31(11-14-41-15-12-31)21-6-4-7-22(32)16-21/h2-4,6-7,9-10,16,20,23,25H,5,8,11-15,17-19H2,1H3,(H,33,39)(H,34,37)(H,35,38)/t20-,23+,25-/m0/s1. The maximum Gasteiger partial charge on any atom is 0.255 e. The maximum absolute atomic E-state index is 14.1. The first-order chi connectivity index (χ1) is 20.3. The zero-order valence-electron chi connectivity index (χ0n) is 23.7. The normalized spacial score (nSPS) is 24.8. The number of nitrogens with one attached hydrogen (secondary N) is 3. The average Bonchev–Trinajstić information content (AvgIpc) is 3.47. The van der Waals surface area contributed by atoms with Gasteiger partial charge in [0.15, 0.2) is 0 Å². The molecule has 2 fully saturated rings. The molecule has 3 heterocycles. The Morgan fingerprint density at radius 1 is 1.10 bits per heavy atom. The van der Waals surface area contributed by atoms with Crippen LogP contribution in [0.2, 0.25) is 0 Å². The first kappa shape index (κ1) is 29.5. The van der Waals surface area contributed by atoms with E-state index in [0.29, 0.717) is 38.3 Å². The summed E-state index contributed by atoms with van der Waals surface area (Å²) >= 11 is 0. The second-order valence-corrected chi connectivity index (χ2v) is 11.3. The van der Waals surface area contributed by atoms with Crippen molar-refractivity contribution in [1.82, 2.24) is 20.9 Å². The van der Waals surface area contributed by atoms with Gasteiger partial charge in [0, 0.05) is 31.7 Å². The number of nitrogens with zero attached hydrogens (tertiary/aromatic N) is 1. The molecule has 5 rings (SSSR count). The number of carbonyl (C=O) groups is 4. The van der Waals surface area contributed by atoms with Crippen LogP contribution >= 0.6 is 0 Å². The molecule has 224 valence electrons. The SMILES string of the molecule is C[C@@H]1NC(=O)C[C@@H](C(=O)NCC2(c3cccc(F)c3)CCOCC2)NC(=O)c2ccccc2OC[C@H]2CCCN2C1=O. The molecule has 0 saturated carbocycles. The molecule has 0 spiro atoms. The van der Waals surface area contributed by atoms with Crippen molar-refractivity contribution >= 4 is 23.6 Å². The lowest BCUT2D eigenvalue weighted by Gasteiger charge is -2.38. The van der Waals surface area contributed by atoms with Gasteiger partial charge in [-0.25, -0.2) is 4.39 Å². The number of hydrogen-bond acceptors (Lipinski definition) is 6. The van der Waals surface area contributed by atoms with Gasteiger partial charge in [0.25, 0.3) is 5.91 Å². The Morgan fingerprint density at radius 3 is 2.67 bits per heavy atom. The highest BCUT2D eigenvalue weighted by Gasteiger charge is 2.37. The largest absolute Gasteiger partial charge is 0.491 e. The van der Waals surface area contributed by atoms with Gasteiger partial charge in [0.2, 0.25) is 17.7 Å². The van der Waals surface area contributed by atoms with Crippen LogP contribution in [0.25, 0.3) is 0 Å². The minimum Gasteiger partial charge on any atom is -0.491 e. The summed E-state index contributed by atoms with van der Waals surface area (Å²) < 4.78 is 25.7. The highest BCUT2D eigenvalue weighted by Crippen LogP contribution is 2.34. The van der Waals surface area contributed by atoms with E-state index in [0.717, 1.165) is 18.4 Å². The molecule has 10 nitrogen and oxygen atoms in total. The van der Waals surface area contributed by atoms with Gasteiger partial charge in [-0.3, -0.25) is 19.2 Å². The molecular formula is C31H37FN4O6. The zero-order chi connectivity index (χ0) is 29.7. The molecule has 4 amide bonds. The first-order valence-corrected chi connectivity index (χ1v) is 14.5. The van der Waals surface area contributed by atoms with Gasteiger partial charge in [-0.1, -0.05) is 24.3 Å². The summed E-state index contributed by atoms with van der Waals surface area (Å²) in [4.78, 5) is 55.1. The molecule has 2 aromatic rings. The summed E-state index contributed by atoms with van der Waals surface area (Å²) in [7, 11) is 0. The molecule has 3 N–H and O–H groups in total. The van der Waals surface area contributed by atoms with Crippen LogP contribution in [0.5, 0.6) is 5.75 Å². The molecular weight excluding hydrogens is 543 g/mol. The second-order valence-electron chi connectivity index (χ2n) is 11.3. The summed E-state index contributed by atoms with van der Waals surface area (Å²) in [6.07, 6.45) is 2.32. The summed E-state index contributed by atoms with van der Waals surface area (Å²) in [6.45, 7) is 3.44. The third-order valence-electron chi connectivity index (χ3n) is 8.47. The van der Waals surface area contributed by atoms with Gasteiger partial charge in [-0.2, -0.15) is 0 Å². The van der Waals surface area contributed by atoms with Crippen molar-refractivity contribution in [2.75, 3.05) is 32.9 Å². The van der Waals surface area contributed by atoms with Crippen LogP contribution in [0.3, 0.4) is 0 Å². The van der Waals surface area contributed by atoms with Gasteiger partial charge in [0.05, 0.1) is 18.0 Å². The topological polar surface area (TPSA) is 126 Å². The summed E-state index contributed by atoms with van der Waals surface area (Å²) in [5, 5.41) is 8.32. The van der Waals surface area contributed by atoms with Gasteiger partial charge in [-0.15, -0.1) is 0 Å². The lowest BCUT2D eigenvalue weighted by Crippen LogP contribution is -2.54. The van der Waals surface area contributed by atoms with E-state index in [-0.39, 0.29) is 42.9 Å². The number of benzene rings is 2. The fourth-order valence-electron chi connectivity index (χ4n) is 6.03. The van der Waals surface area contributed by atoms with Crippen molar-refractivity contribution < 1.29 is 33.0 Å². The van der Waals surface area contributed by atoms with Crippen LogP contribution < -0.4 is 20.7 Å². The van der Waals surface area contributed by atoms with E-state index < -0.39 is 35.2 Å². The Morgan fingerprint density at radius 2 is 1.88 bits per heavy atom. The number of carbonyl (C=O) groups excluding carboxylic acids is 4. The van der Waals surface area contributed by atoms with Crippen molar-refractivity contribution in [3.05, 3.63) is 65.5 Å². The molecule has 0 aliphatic carbocycles. The molecule has 0 radical (unpaired) electrons. The van der Waals surface area contributed by atoms with Crippen molar-refractivity contribution in [3.63, 3.8) is 0 Å². The monoisotopic (exact) mass is 580 g/mol. The van der Waals surface area contributed by atoms with Crippen LogP contribution in [-0.2, 0) is 24.5 Å². The highest BCUT2D eigenvalue weighted by atomic mass is 19.1. The minimum absolute atomic E-state index is 0.164. The minimum atomic E-state index is -1.24. The summed E-state index contributed by atoms with van der Waals surface area (Å²) in [5.41, 5.74) is 0.396. The number of ether oxygens (including phenoxy) is 2. The number of hydrogen-bond donors (Lipinski definition) is 3. The summed E-state index contributed by atoms with van der Waals surface area (Å²) in [6, 6.07) is 10.8. The zero-order valence-corrected chi connectivity index (χ0v) is 23.7. The van der Waals surface area contributed by atoms with E-state index in [1.54, 1.807) is 42.2 Å². The molecule has 0 aromatic heterocycles. The van der Waals surface area contributed by atoms with Gasteiger partial charge < -0.3 is 30.3 Å². The number of para-hydroxylation sites is 1. The molecule has 2 saturated heterocycles. The Bertz CT molecular complexity index is 1330. The number of fused-ring (bicyclic) bond motifs is 2. The lowest BCUT2D eigenvalue weighted by molar-refractivity contribution is -0.137. The molecule has 3 aliphatic heterocycles. The Hall–Kier alpha value is -3.99. The first-order valence-electron chi connectivity index (χ1n) is 14.5. The lowest BCUT2D eigenvalue weighted by atomic mass is 9.74. The molecule has 42 heavy (non-hydrogen) atoms. The Labute approximate surface area is 244 Å². The third-order valence-corrected chi connectivity index (χ3v) is 8.47. The van der Waals surface area contributed by atoms with Crippen molar-refractivity contribution in [2.45, 2.75) is 62.6 Å². The molecule has 2 aromatic carbocycles.